The minimum atomic E-state index is -0.270. The largest absolute Gasteiger partial charge is 0.523 e. The molecular weight excluding hydrogens is 246 g/mol. The third-order valence-corrected chi connectivity index (χ3v) is 6.36. The zero-order valence-corrected chi connectivity index (χ0v) is 13.6. The van der Waals surface area contributed by atoms with Gasteiger partial charge in [-0.1, -0.05) is 13.8 Å². The Balaban J connectivity index is 1.99. The fraction of sp³-hybridized carbons (Fsp3) is 1.00. The summed E-state index contributed by atoms with van der Waals surface area (Å²) in [5.74, 6) is 0. The van der Waals surface area contributed by atoms with Crippen molar-refractivity contribution in [2.45, 2.75) is 77.5 Å². The molecule has 0 unspecified atom stereocenters. The minimum absolute atomic E-state index is 0.0751. The Kier molecular flexibility index (Phi) is 3.23. The van der Waals surface area contributed by atoms with Gasteiger partial charge in [-0.2, -0.15) is 11.5 Å². The number of hydrogen-bond acceptors (Lipinski definition) is 4. The molecule has 2 aliphatic heterocycles. The van der Waals surface area contributed by atoms with E-state index in [9.17, 15) is 0 Å². The van der Waals surface area contributed by atoms with Crippen LogP contribution in [0.2, 0.25) is 5.31 Å². The predicted molar refractivity (Wildman–Crippen MR) is 78.6 cm³/mol. The zero-order valence-electron chi connectivity index (χ0n) is 12.8. The van der Waals surface area contributed by atoms with Gasteiger partial charge in [0.05, 0.1) is 11.2 Å². The highest BCUT2D eigenvalue weighted by molar-refractivity contribution is 8.44. The second-order valence-corrected chi connectivity index (χ2v) is 8.45. The van der Waals surface area contributed by atoms with Crippen molar-refractivity contribution < 1.29 is 14.0 Å². The smallest absolute Gasteiger partial charge is 0.421 e. The molecule has 102 valence electrons. The monoisotopic (exact) mass is 270 g/mol. The molecule has 0 N–H and O–H groups in total. The van der Waals surface area contributed by atoms with Crippen LogP contribution in [0, 0.1) is 0 Å². The highest BCUT2D eigenvalue weighted by Gasteiger charge is 2.62. The number of rotatable bonds is 2. The van der Waals surface area contributed by atoms with E-state index < -0.39 is 0 Å². The van der Waals surface area contributed by atoms with Gasteiger partial charge in [-0.3, -0.25) is 0 Å². The summed E-state index contributed by atoms with van der Waals surface area (Å²) in [7, 11) is 0. The summed E-state index contributed by atoms with van der Waals surface area (Å²) in [5.41, 5.74) is -0.615. The van der Waals surface area contributed by atoms with E-state index in [4.69, 9.17) is 14.0 Å². The van der Waals surface area contributed by atoms with Crippen LogP contribution in [0.15, 0.2) is 0 Å². The predicted octanol–water partition coefficient (Wildman–Crippen LogP) is 3.39. The second kappa shape index (κ2) is 3.94. The van der Waals surface area contributed by atoms with Crippen LogP contribution >= 0.6 is 11.5 Å². The first kappa shape index (κ1) is 14.8. The Hall–Kier alpha value is 0.360. The van der Waals surface area contributed by atoms with Crippen LogP contribution in [-0.2, 0) is 14.0 Å². The second-order valence-electron chi connectivity index (χ2n) is 7.36. The summed E-state index contributed by atoms with van der Waals surface area (Å²) >= 11 is 1.64. The molecule has 18 heavy (non-hydrogen) atoms. The van der Waals surface area contributed by atoms with Gasteiger partial charge >= 0.3 is 12.6 Å². The van der Waals surface area contributed by atoms with Gasteiger partial charge in [0.25, 0.3) is 0 Å². The van der Waals surface area contributed by atoms with Crippen LogP contribution in [0.3, 0.4) is 0 Å². The lowest BCUT2D eigenvalue weighted by atomic mass is 9.49. The van der Waals surface area contributed by atoms with Crippen molar-refractivity contribution in [1.29, 1.82) is 0 Å². The van der Waals surface area contributed by atoms with E-state index in [1.807, 2.05) is 0 Å². The quantitative estimate of drug-likeness (QED) is 0.719. The van der Waals surface area contributed by atoms with Crippen molar-refractivity contribution in [3.05, 3.63) is 0 Å². The molecule has 2 heterocycles. The molecule has 0 radical (unpaired) electrons. The van der Waals surface area contributed by atoms with Crippen molar-refractivity contribution in [1.82, 2.24) is 0 Å². The van der Waals surface area contributed by atoms with Crippen LogP contribution in [0.1, 0.15) is 55.4 Å². The van der Waals surface area contributed by atoms with Gasteiger partial charge in [0.1, 0.15) is 0 Å². The summed E-state index contributed by atoms with van der Waals surface area (Å²) in [6, 6.07) is 0. The molecule has 2 saturated heterocycles. The molecule has 3 nitrogen and oxygen atoms in total. The van der Waals surface area contributed by atoms with Gasteiger partial charge in [-0.05, 0) is 41.5 Å². The summed E-state index contributed by atoms with van der Waals surface area (Å²) < 4.78 is 17.9. The molecule has 0 saturated carbocycles. The minimum Gasteiger partial charge on any atom is -0.421 e. The van der Waals surface area contributed by atoms with Gasteiger partial charge in [-0.25, -0.2) is 0 Å². The van der Waals surface area contributed by atoms with Crippen LogP contribution in [0.5, 0.6) is 0 Å². The van der Waals surface area contributed by atoms with Crippen molar-refractivity contribution in [3.8, 4) is 0 Å². The Bertz CT molecular complexity index is 339. The molecule has 0 aromatic rings. The average molecular weight is 270 g/mol. The molecule has 2 fully saturated rings. The van der Waals surface area contributed by atoms with Crippen LogP contribution in [0.25, 0.3) is 0 Å². The highest BCUT2D eigenvalue weighted by Crippen LogP contribution is 2.58. The van der Waals surface area contributed by atoms with E-state index in [0.717, 1.165) is 0 Å². The summed E-state index contributed by atoms with van der Waals surface area (Å²) in [6.07, 6.45) is -0.113. The van der Waals surface area contributed by atoms with Gasteiger partial charge in [0.15, 0.2) is 0 Å². The summed E-state index contributed by atoms with van der Waals surface area (Å²) in [5, 5.41) is 0.126. The van der Waals surface area contributed by atoms with E-state index in [1.54, 1.807) is 11.5 Å². The van der Waals surface area contributed by atoms with E-state index in [-0.39, 0.29) is 34.7 Å². The molecular formula is C12H24B2O3S. The van der Waals surface area contributed by atoms with Crippen molar-refractivity contribution in [2.24, 2.45) is 0 Å². The normalized spacial score (nSPS) is 31.3. The lowest BCUT2D eigenvalue weighted by Crippen LogP contribution is -2.60. The third kappa shape index (κ3) is 2.05. The summed E-state index contributed by atoms with van der Waals surface area (Å²) in [6.45, 7) is 17.0. The first-order chi connectivity index (χ1) is 7.89. The van der Waals surface area contributed by atoms with E-state index in [1.165, 1.54) is 0 Å². The first-order valence-corrected chi connectivity index (χ1v) is 7.52. The lowest BCUT2D eigenvalue weighted by Gasteiger charge is -2.56. The zero-order chi connectivity index (χ0) is 14.0. The molecule has 6 heteroatoms. The molecule has 0 atom stereocenters. The Morgan fingerprint density at radius 1 is 0.667 bits per heavy atom. The van der Waals surface area contributed by atoms with Crippen LogP contribution < -0.4 is 0 Å². The lowest BCUT2D eigenvalue weighted by molar-refractivity contribution is -0.00473. The van der Waals surface area contributed by atoms with Crippen LogP contribution in [-0.4, -0.2) is 29.4 Å². The van der Waals surface area contributed by atoms with Crippen molar-refractivity contribution in [3.63, 3.8) is 0 Å². The molecule has 0 spiro atoms. The van der Waals surface area contributed by atoms with Gasteiger partial charge in [0.2, 0.25) is 0 Å². The highest BCUT2D eigenvalue weighted by atomic mass is 32.2. The molecule has 0 bridgehead atoms. The maximum Gasteiger partial charge on any atom is 0.523 e. The van der Waals surface area contributed by atoms with E-state index in [0.29, 0.717) is 0 Å². The Morgan fingerprint density at radius 2 is 1.11 bits per heavy atom. The van der Waals surface area contributed by atoms with E-state index in [2.05, 4.69) is 55.4 Å². The molecule has 0 amide bonds. The fourth-order valence-electron chi connectivity index (χ4n) is 1.94. The van der Waals surface area contributed by atoms with Gasteiger partial charge < -0.3 is 14.0 Å². The summed E-state index contributed by atoms with van der Waals surface area (Å²) in [4.78, 5) is 0. The maximum absolute atomic E-state index is 5.99. The van der Waals surface area contributed by atoms with Crippen molar-refractivity contribution in [2.75, 3.05) is 0 Å². The van der Waals surface area contributed by atoms with Gasteiger partial charge in [0, 0.05) is 10.9 Å². The molecule has 2 aliphatic rings. The topological polar surface area (TPSA) is 27.7 Å². The molecule has 2 rings (SSSR count). The van der Waals surface area contributed by atoms with Crippen molar-refractivity contribution >= 4 is 24.1 Å². The Labute approximate surface area is 116 Å². The first-order valence-electron chi connectivity index (χ1n) is 6.58. The standard InChI is InChI=1S/C12H24B2O3S/c1-9(2)10(3,4)15-13(9)18-14-16-11(5,6)12(7,8)17-14/h1-8H3. The molecule has 0 aliphatic carbocycles. The maximum atomic E-state index is 5.99. The Morgan fingerprint density at radius 3 is 1.44 bits per heavy atom. The van der Waals surface area contributed by atoms with Crippen LogP contribution in [0.4, 0.5) is 0 Å². The molecule has 0 aromatic heterocycles. The van der Waals surface area contributed by atoms with E-state index >= 15 is 0 Å². The van der Waals surface area contributed by atoms with Gasteiger partial charge in [-0.15, -0.1) is 0 Å². The SMILES string of the molecule is CC1(C)OB(SB2OC(C)(C)C2(C)C)OC1(C)C. The molecule has 0 aromatic carbocycles. The average Bonchev–Trinajstić information content (AvgIpc) is 2.33. The third-order valence-electron chi connectivity index (χ3n) is 5.01. The fourth-order valence-corrected chi connectivity index (χ4v) is 3.65. The number of hydrogen-bond donors (Lipinski definition) is 0.